The van der Waals surface area contributed by atoms with E-state index in [1.165, 1.54) is 6.26 Å². The van der Waals surface area contributed by atoms with Crippen molar-refractivity contribution in [1.82, 2.24) is 4.90 Å². The highest BCUT2D eigenvalue weighted by Gasteiger charge is 2.21. The normalized spacial score (nSPS) is 20.4. The molecule has 1 aromatic heterocycles. The maximum absolute atomic E-state index is 12.8. The lowest BCUT2D eigenvalue weighted by molar-refractivity contribution is -0.0699. The summed E-state index contributed by atoms with van der Waals surface area (Å²) in [6.07, 6.45) is 2.02. The van der Waals surface area contributed by atoms with Crippen LogP contribution < -0.4 is 10.2 Å². The van der Waals surface area contributed by atoms with Gasteiger partial charge in [0.2, 0.25) is 0 Å². The molecule has 2 heterocycles. The van der Waals surface area contributed by atoms with Gasteiger partial charge in [-0.05, 0) is 31.5 Å². The van der Waals surface area contributed by atoms with E-state index in [0.717, 1.165) is 25.2 Å². The first kappa shape index (κ1) is 18.7. The van der Waals surface area contributed by atoms with E-state index in [4.69, 9.17) is 13.9 Å². The number of hydrogen-bond acceptors (Lipinski definition) is 5. The standard InChI is InChI=1S/C23H25NO4/c1-16-13-24(14-17(2)28-16)10-11-26-19-8-9-20-22(12-19)27-15-21(23(20)25)18-6-4-3-5-7-18/h3-9,12,15-17H,10-11,13-14H2,1-2H3/t16-,17+. The number of nitrogens with zero attached hydrogens (tertiary/aromatic N) is 1. The van der Waals surface area contributed by atoms with Crippen molar-refractivity contribution in [3.8, 4) is 16.9 Å². The molecule has 0 unspecified atom stereocenters. The highest BCUT2D eigenvalue weighted by Crippen LogP contribution is 2.23. The van der Waals surface area contributed by atoms with Gasteiger partial charge in [-0.3, -0.25) is 9.69 Å². The van der Waals surface area contributed by atoms with Crippen LogP contribution in [0.4, 0.5) is 0 Å². The lowest BCUT2D eigenvalue weighted by Crippen LogP contribution is -2.46. The minimum atomic E-state index is -0.0321. The molecule has 4 rings (SSSR count). The summed E-state index contributed by atoms with van der Waals surface area (Å²) in [4.78, 5) is 15.2. The zero-order chi connectivity index (χ0) is 19.5. The number of benzene rings is 2. The van der Waals surface area contributed by atoms with Gasteiger partial charge in [-0.2, -0.15) is 0 Å². The summed E-state index contributed by atoms with van der Waals surface area (Å²) in [5, 5.41) is 0.560. The molecule has 146 valence electrons. The Labute approximate surface area is 164 Å². The van der Waals surface area contributed by atoms with Crippen LogP contribution in [-0.4, -0.2) is 43.3 Å². The quantitative estimate of drug-likeness (QED) is 0.672. The molecule has 3 aromatic rings. The van der Waals surface area contributed by atoms with Gasteiger partial charge in [-0.25, -0.2) is 0 Å². The van der Waals surface area contributed by atoms with Gasteiger partial charge < -0.3 is 13.9 Å². The van der Waals surface area contributed by atoms with Gasteiger partial charge in [0.15, 0.2) is 5.43 Å². The Morgan fingerprint density at radius 1 is 1.07 bits per heavy atom. The van der Waals surface area contributed by atoms with Gasteiger partial charge in [-0.1, -0.05) is 30.3 Å². The van der Waals surface area contributed by atoms with Gasteiger partial charge >= 0.3 is 0 Å². The second-order valence-electron chi connectivity index (χ2n) is 7.37. The number of rotatable bonds is 5. The maximum Gasteiger partial charge on any atom is 0.200 e. The van der Waals surface area contributed by atoms with Crippen LogP contribution in [0.5, 0.6) is 5.75 Å². The first-order valence-corrected chi connectivity index (χ1v) is 9.72. The van der Waals surface area contributed by atoms with Crippen molar-refractivity contribution in [2.75, 3.05) is 26.2 Å². The Hall–Kier alpha value is -2.63. The van der Waals surface area contributed by atoms with Crippen molar-refractivity contribution in [2.45, 2.75) is 26.1 Å². The van der Waals surface area contributed by atoms with E-state index in [-0.39, 0.29) is 17.6 Å². The fourth-order valence-electron chi connectivity index (χ4n) is 3.77. The van der Waals surface area contributed by atoms with Crippen LogP contribution in [0.15, 0.2) is 64.0 Å². The van der Waals surface area contributed by atoms with Gasteiger partial charge in [0.25, 0.3) is 0 Å². The molecule has 5 nitrogen and oxygen atoms in total. The minimum Gasteiger partial charge on any atom is -0.492 e. The van der Waals surface area contributed by atoms with Crippen molar-refractivity contribution in [1.29, 1.82) is 0 Å². The molecule has 0 amide bonds. The molecule has 28 heavy (non-hydrogen) atoms. The van der Waals surface area contributed by atoms with Gasteiger partial charge in [-0.15, -0.1) is 0 Å². The predicted octanol–water partition coefficient (Wildman–Crippen LogP) is 3.95. The molecule has 1 saturated heterocycles. The highest BCUT2D eigenvalue weighted by molar-refractivity contribution is 5.82. The summed E-state index contributed by atoms with van der Waals surface area (Å²) in [5.41, 5.74) is 1.93. The van der Waals surface area contributed by atoms with E-state index in [1.807, 2.05) is 36.4 Å². The smallest absolute Gasteiger partial charge is 0.200 e. The van der Waals surface area contributed by atoms with E-state index in [1.54, 1.807) is 12.1 Å². The number of morpholine rings is 1. The van der Waals surface area contributed by atoms with Crippen molar-refractivity contribution in [2.24, 2.45) is 0 Å². The zero-order valence-electron chi connectivity index (χ0n) is 16.3. The average molecular weight is 379 g/mol. The molecule has 1 aliphatic rings. The fraction of sp³-hybridized carbons (Fsp3) is 0.348. The number of fused-ring (bicyclic) bond motifs is 1. The number of ether oxygens (including phenoxy) is 2. The highest BCUT2D eigenvalue weighted by atomic mass is 16.5. The zero-order valence-corrected chi connectivity index (χ0v) is 16.3. The summed E-state index contributed by atoms with van der Waals surface area (Å²) in [6.45, 7) is 7.45. The molecule has 2 atom stereocenters. The van der Waals surface area contributed by atoms with E-state index < -0.39 is 0 Å². The topological polar surface area (TPSA) is 51.9 Å². The van der Waals surface area contributed by atoms with Crippen LogP contribution in [0.2, 0.25) is 0 Å². The van der Waals surface area contributed by atoms with Gasteiger partial charge in [0.1, 0.15) is 24.2 Å². The largest absolute Gasteiger partial charge is 0.492 e. The van der Waals surface area contributed by atoms with Crippen molar-refractivity contribution >= 4 is 11.0 Å². The SMILES string of the molecule is C[C@@H]1CN(CCOc2ccc3c(=O)c(-c4ccccc4)coc3c2)C[C@H](C)O1. The minimum absolute atomic E-state index is 0.0321. The maximum atomic E-state index is 12.8. The van der Waals surface area contributed by atoms with Crippen molar-refractivity contribution in [3.05, 3.63) is 65.0 Å². The Morgan fingerprint density at radius 2 is 1.82 bits per heavy atom. The molecule has 1 aliphatic heterocycles. The van der Waals surface area contributed by atoms with Crippen LogP contribution >= 0.6 is 0 Å². The molecule has 0 saturated carbocycles. The molecule has 1 fully saturated rings. The molecule has 0 spiro atoms. The average Bonchev–Trinajstić information content (AvgIpc) is 2.68. The first-order chi connectivity index (χ1) is 13.6. The predicted molar refractivity (Wildman–Crippen MR) is 110 cm³/mol. The summed E-state index contributed by atoms with van der Waals surface area (Å²) < 4.78 is 17.4. The molecular weight excluding hydrogens is 354 g/mol. The third kappa shape index (κ3) is 4.11. The van der Waals surface area contributed by atoms with Crippen LogP contribution in [0.3, 0.4) is 0 Å². The monoisotopic (exact) mass is 379 g/mol. The Kier molecular flexibility index (Phi) is 5.46. The third-order valence-corrected chi connectivity index (χ3v) is 5.00. The third-order valence-electron chi connectivity index (χ3n) is 5.00. The lowest BCUT2D eigenvalue weighted by Gasteiger charge is -2.35. The summed E-state index contributed by atoms with van der Waals surface area (Å²) in [6, 6.07) is 15.0. The molecule has 0 bridgehead atoms. The second-order valence-corrected chi connectivity index (χ2v) is 7.37. The molecule has 0 aliphatic carbocycles. The van der Waals surface area contributed by atoms with Crippen LogP contribution in [0, 0.1) is 0 Å². The lowest BCUT2D eigenvalue weighted by atomic mass is 10.1. The summed E-state index contributed by atoms with van der Waals surface area (Å²) >= 11 is 0. The van der Waals surface area contributed by atoms with Crippen molar-refractivity contribution in [3.63, 3.8) is 0 Å². The molecule has 2 aromatic carbocycles. The fourth-order valence-corrected chi connectivity index (χ4v) is 3.77. The van der Waals surface area contributed by atoms with Crippen LogP contribution in [-0.2, 0) is 4.74 Å². The molecule has 0 N–H and O–H groups in total. The Morgan fingerprint density at radius 3 is 2.57 bits per heavy atom. The van der Waals surface area contributed by atoms with Gasteiger partial charge in [0.05, 0.1) is 23.2 Å². The molecule has 0 radical (unpaired) electrons. The first-order valence-electron chi connectivity index (χ1n) is 9.72. The van der Waals surface area contributed by atoms with Crippen LogP contribution in [0.1, 0.15) is 13.8 Å². The molecule has 5 heteroatoms. The summed E-state index contributed by atoms with van der Waals surface area (Å²) in [7, 11) is 0. The molecular formula is C23H25NO4. The van der Waals surface area contributed by atoms with Crippen LogP contribution in [0.25, 0.3) is 22.1 Å². The van der Waals surface area contributed by atoms with Crippen molar-refractivity contribution < 1.29 is 13.9 Å². The van der Waals surface area contributed by atoms with E-state index in [0.29, 0.717) is 28.9 Å². The van der Waals surface area contributed by atoms with E-state index in [2.05, 4.69) is 18.7 Å². The van der Waals surface area contributed by atoms with Gasteiger partial charge in [0, 0.05) is 25.7 Å². The van der Waals surface area contributed by atoms with E-state index >= 15 is 0 Å². The van der Waals surface area contributed by atoms with E-state index in [9.17, 15) is 4.79 Å². The Balaban J connectivity index is 1.46. The Bertz CT molecular complexity index is 988. The second kappa shape index (κ2) is 8.17. The summed E-state index contributed by atoms with van der Waals surface area (Å²) in [5.74, 6) is 0.706. The number of hydrogen-bond donors (Lipinski definition) is 0.